The molecule has 0 aliphatic heterocycles. The van der Waals surface area contributed by atoms with Gasteiger partial charge in [-0.05, 0) is 55.2 Å². The third-order valence-electron chi connectivity index (χ3n) is 4.19. The zero-order valence-corrected chi connectivity index (χ0v) is 15.9. The first-order chi connectivity index (χ1) is 12.8. The van der Waals surface area contributed by atoms with Crippen LogP contribution >= 0.6 is 11.6 Å². The average molecular weight is 407 g/mol. The van der Waals surface area contributed by atoms with Crippen molar-refractivity contribution in [3.63, 3.8) is 0 Å². The van der Waals surface area contributed by atoms with E-state index in [4.69, 9.17) is 11.6 Å². The van der Waals surface area contributed by atoms with Crippen LogP contribution in [0.3, 0.4) is 0 Å². The molecule has 8 heteroatoms. The van der Waals surface area contributed by atoms with E-state index in [-0.39, 0.29) is 34.6 Å². The SMILES string of the molecule is O=C(CC1C=CCC1)Nc1cc(S(=O)(=O)Nc2cccc(Cl)c2)ccc1O. The summed E-state index contributed by atoms with van der Waals surface area (Å²) in [6.07, 6.45) is 6.18. The average Bonchev–Trinajstić information content (AvgIpc) is 3.09. The summed E-state index contributed by atoms with van der Waals surface area (Å²) in [5, 5.41) is 13.0. The van der Waals surface area contributed by atoms with E-state index in [9.17, 15) is 18.3 Å². The molecule has 27 heavy (non-hydrogen) atoms. The number of carbonyl (C=O) groups excluding carboxylic acids is 1. The molecule has 0 fully saturated rings. The van der Waals surface area contributed by atoms with E-state index < -0.39 is 10.0 Å². The Morgan fingerprint density at radius 2 is 2.04 bits per heavy atom. The highest BCUT2D eigenvalue weighted by atomic mass is 35.5. The van der Waals surface area contributed by atoms with E-state index in [0.717, 1.165) is 12.8 Å². The van der Waals surface area contributed by atoms with Crippen LogP contribution in [0.15, 0.2) is 59.5 Å². The molecular weight excluding hydrogens is 388 g/mol. The lowest BCUT2D eigenvalue weighted by Crippen LogP contribution is -2.16. The van der Waals surface area contributed by atoms with Crippen molar-refractivity contribution in [2.75, 3.05) is 10.0 Å². The Labute approximate surface area is 162 Å². The van der Waals surface area contributed by atoms with Crippen LogP contribution in [0.25, 0.3) is 0 Å². The van der Waals surface area contributed by atoms with Gasteiger partial charge in [-0.15, -0.1) is 0 Å². The Morgan fingerprint density at radius 3 is 2.74 bits per heavy atom. The van der Waals surface area contributed by atoms with Crippen LogP contribution in [0.1, 0.15) is 19.3 Å². The molecule has 1 unspecified atom stereocenters. The minimum absolute atomic E-state index is 0.0518. The normalized spacial score (nSPS) is 16.3. The van der Waals surface area contributed by atoms with Gasteiger partial charge in [-0.1, -0.05) is 29.8 Å². The van der Waals surface area contributed by atoms with Crippen molar-refractivity contribution >= 4 is 38.9 Å². The molecule has 2 aromatic carbocycles. The van der Waals surface area contributed by atoms with Crippen LogP contribution in [0.2, 0.25) is 5.02 Å². The zero-order chi connectivity index (χ0) is 19.4. The predicted octanol–water partition coefficient (Wildman–Crippen LogP) is 4.14. The van der Waals surface area contributed by atoms with Crippen LogP contribution in [-0.4, -0.2) is 19.4 Å². The number of aromatic hydroxyl groups is 1. The lowest BCUT2D eigenvalue weighted by Gasteiger charge is -2.13. The van der Waals surface area contributed by atoms with Crippen molar-refractivity contribution in [3.05, 3.63) is 59.6 Å². The highest BCUT2D eigenvalue weighted by Crippen LogP contribution is 2.29. The van der Waals surface area contributed by atoms with Gasteiger partial charge in [0.2, 0.25) is 5.91 Å². The fraction of sp³-hybridized carbons (Fsp3) is 0.211. The number of phenols is 1. The van der Waals surface area contributed by atoms with Gasteiger partial charge in [-0.3, -0.25) is 9.52 Å². The number of nitrogens with one attached hydrogen (secondary N) is 2. The quantitative estimate of drug-likeness (QED) is 0.496. The number of allylic oxidation sites excluding steroid dienone is 2. The molecule has 3 N–H and O–H groups in total. The first-order valence-electron chi connectivity index (χ1n) is 8.41. The highest BCUT2D eigenvalue weighted by molar-refractivity contribution is 7.92. The molecule has 3 rings (SSSR count). The number of sulfonamides is 1. The summed E-state index contributed by atoms with van der Waals surface area (Å²) in [6, 6.07) is 10.0. The van der Waals surface area contributed by atoms with E-state index >= 15 is 0 Å². The molecule has 0 heterocycles. The van der Waals surface area contributed by atoms with E-state index in [1.807, 2.05) is 12.2 Å². The Kier molecular flexibility index (Phi) is 5.72. The Bertz CT molecular complexity index is 989. The number of hydrogen-bond acceptors (Lipinski definition) is 4. The maximum absolute atomic E-state index is 12.6. The molecular formula is C19H19ClN2O4S. The van der Waals surface area contributed by atoms with E-state index in [0.29, 0.717) is 10.7 Å². The molecule has 142 valence electrons. The monoisotopic (exact) mass is 406 g/mol. The summed E-state index contributed by atoms with van der Waals surface area (Å²) < 4.78 is 27.6. The summed E-state index contributed by atoms with van der Waals surface area (Å²) in [7, 11) is -3.91. The number of phenolic OH excluding ortho intramolecular Hbond substituents is 1. The number of amides is 1. The second-order valence-corrected chi connectivity index (χ2v) is 8.43. The Balaban J connectivity index is 1.77. The number of rotatable bonds is 6. The van der Waals surface area contributed by atoms with Crippen molar-refractivity contribution in [2.45, 2.75) is 24.2 Å². The zero-order valence-electron chi connectivity index (χ0n) is 14.4. The fourth-order valence-corrected chi connectivity index (χ4v) is 4.12. The third-order valence-corrected chi connectivity index (χ3v) is 5.80. The minimum Gasteiger partial charge on any atom is -0.506 e. The van der Waals surface area contributed by atoms with E-state index in [1.165, 1.54) is 24.3 Å². The topological polar surface area (TPSA) is 95.5 Å². The van der Waals surface area contributed by atoms with Crippen LogP contribution in [0.5, 0.6) is 5.75 Å². The van der Waals surface area contributed by atoms with Gasteiger partial charge < -0.3 is 10.4 Å². The smallest absolute Gasteiger partial charge is 0.261 e. The molecule has 1 aliphatic rings. The van der Waals surface area contributed by atoms with Crippen LogP contribution in [0, 0.1) is 5.92 Å². The molecule has 6 nitrogen and oxygen atoms in total. The molecule has 0 saturated carbocycles. The van der Waals surface area contributed by atoms with Crippen molar-refractivity contribution in [1.29, 1.82) is 0 Å². The maximum atomic E-state index is 12.6. The van der Waals surface area contributed by atoms with Gasteiger partial charge in [0.1, 0.15) is 5.75 Å². The molecule has 1 amide bonds. The van der Waals surface area contributed by atoms with E-state index in [2.05, 4.69) is 10.0 Å². The number of halogens is 1. The van der Waals surface area contributed by atoms with Gasteiger partial charge in [0.05, 0.1) is 16.3 Å². The summed E-state index contributed by atoms with van der Waals surface area (Å²) in [6.45, 7) is 0. The lowest BCUT2D eigenvalue weighted by atomic mass is 10.1. The van der Waals surface area contributed by atoms with Crippen LogP contribution < -0.4 is 10.0 Å². The third kappa shape index (κ3) is 5.02. The van der Waals surface area contributed by atoms with Gasteiger partial charge in [0, 0.05) is 11.4 Å². The van der Waals surface area contributed by atoms with Crippen molar-refractivity contribution in [1.82, 2.24) is 0 Å². The van der Waals surface area contributed by atoms with Gasteiger partial charge >= 0.3 is 0 Å². The van der Waals surface area contributed by atoms with Gasteiger partial charge in [0.15, 0.2) is 0 Å². The lowest BCUT2D eigenvalue weighted by molar-refractivity contribution is -0.116. The summed E-state index contributed by atoms with van der Waals surface area (Å²) in [5.74, 6) is -0.310. The molecule has 0 bridgehead atoms. The summed E-state index contributed by atoms with van der Waals surface area (Å²) in [4.78, 5) is 12.1. The molecule has 2 aromatic rings. The second kappa shape index (κ2) is 8.02. The summed E-state index contributed by atoms with van der Waals surface area (Å²) >= 11 is 5.87. The number of hydrogen-bond donors (Lipinski definition) is 3. The number of anilines is 2. The first-order valence-corrected chi connectivity index (χ1v) is 10.3. The van der Waals surface area contributed by atoms with Crippen molar-refractivity contribution in [2.24, 2.45) is 5.92 Å². The molecule has 0 spiro atoms. The Morgan fingerprint density at radius 1 is 1.22 bits per heavy atom. The van der Waals surface area contributed by atoms with Gasteiger partial charge in [-0.25, -0.2) is 8.42 Å². The standard InChI is InChI=1S/C19H19ClN2O4S/c20-14-6-3-7-15(11-14)22-27(25,26)16-8-9-18(23)17(12-16)21-19(24)10-13-4-1-2-5-13/h1,3-4,6-9,11-13,22-23H,2,5,10H2,(H,21,24). The minimum atomic E-state index is -3.91. The van der Waals surface area contributed by atoms with Crippen LogP contribution in [0.4, 0.5) is 11.4 Å². The van der Waals surface area contributed by atoms with Gasteiger partial charge in [0.25, 0.3) is 10.0 Å². The highest BCUT2D eigenvalue weighted by Gasteiger charge is 2.19. The largest absolute Gasteiger partial charge is 0.506 e. The second-order valence-electron chi connectivity index (χ2n) is 6.31. The predicted molar refractivity (Wildman–Crippen MR) is 105 cm³/mol. The first kappa shape index (κ1) is 19.3. The molecule has 1 aliphatic carbocycles. The fourth-order valence-electron chi connectivity index (χ4n) is 2.85. The van der Waals surface area contributed by atoms with Crippen molar-refractivity contribution in [3.8, 4) is 5.75 Å². The van der Waals surface area contributed by atoms with Gasteiger partial charge in [-0.2, -0.15) is 0 Å². The maximum Gasteiger partial charge on any atom is 0.261 e. The Hall–Kier alpha value is -2.51. The molecule has 0 saturated heterocycles. The molecule has 0 radical (unpaired) electrons. The molecule has 1 atom stereocenters. The number of benzene rings is 2. The van der Waals surface area contributed by atoms with E-state index in [1.54, 1.807) is 18.2 Å². The van der Waals surface area contributed by atoms with Crippen LogP contribution in [-0.2, 0) is 14.8 Å². The summed E-state index contributed by atoms with van der Waals surface area (Å²) in [5.41, 5.74) is 0.366. The number of carbonyl (C=O) groups is 1. The van der Waals surface area contributed by atoms with Crippen molar-refractivity contribution < 1.29 is 18.3 Å². The molecule has 0 aromatic heterocycles.